The van der Waals surface area contributed by atoms with Gasteiger partial charge < -0.3 is 9.73 Å². The molecule has 106 valence electrons. The molecule has 0 fully saturated rings. The first-order valence-electron chi connectivity index (χ1n) is 6.70. The van der Waals surface area contributed by atoms with Gasteiger partial charge in [-0.3, -0.25) is 10.1 Å². The molecule has 1 aromatic carbocycles. The fourth-order valence-corrected chi connectivity index (χ4v) is 1.91. The summed E-state index contributed by atoms with van der Waals surface area (Å²) in [5.41, 5.74) is 3.21. The lowest BCUT2D eigenvalue weighted by atomic mass is 10.1. The van der Waals surface area contributed by atoms with Gasteiger partial charge in [-0.15, -0.1) is 0 Å². The lowest BCUT2D eigenvalue weighted by Gasteiger charge is -2.12. The Morgan fingerprint density at radius 3 is 2.70 bits per heavy atom. The largest absolute Gasteiger partial charge is 0.468 e. The van der Waals surface area contributed by atoms with Crippen molar-refractivity contribution < 1.29 is 9.21 Å². The van der Waals surface area contributed by atoms with Gasteiger partial charge in [0.1, 0.15) is 5.76 Å². The van der Waals surface area contributed by atoms with Gasteiger partial charge in [-0.25, -0.2) is 0 Å². The van der Waals surface area contributed by atoms with Gasteiger partial charge in [0.15, 0.2) is 0 Å². The van der Waals surface area contributed by atoms with E-state index in [0.717, 1.165) is 11.4 Å². The van der Waals surface area contributed by atoms with Crippen LogP contribution in [0, 0.1) is 13.8 Å². The van der Waals surface area contributed by atoms with Gasteiger partial charge in [-0.1, -0.05) is 6.07 Å². The molecule has 4 heteroatoms. The van der Waals surface area contributed by atoms with Crippen molar-refractivity contribution in [1.82, 2.24) is 5.32 Å². The summed E-state index contributed by atoms with van der Waals surface area (Å²) in [6, 6.07) is 9.63. The van der Waals surface area contributed by atoms with Crippen molar-refractivity contribution >= 4 is 11.6 Å². The minimum Gasteiger partial charge on any atom is -0.468 e. The zero-order valence-corrected chi connectivity index (χ0v) is 12.1. The Labute approximate surface area is 119 Å². The minimum absolute atomic E-state index is 0.00973. The predicted octanol–water partition coefficient (Wildman–Crippen LogP) is 3.19. The average molecular weight is 272 g/mol. The summed E-state index contributed by atoms with van der Waals surface area (Å²) in [6.07, 6.45) is 1.63. The molecule has 2 rings (SSSR count). The fraction of sp³-hybridized carbons (Fsp3) is 0.312. The monoisotopic (exact) mass is 272 g/mol. The number of furan rings is 1. The molecule has 4 nitrogen and oxygen atoms in total. The highest BCUT2D eigenvalue weighted by Gasteiger charge is 2.10. The first kappa shape index (κ1) is 14.3. The van der Waals surface area contributed by atoms with Crippen molar-refractivity contribution in [2.45, 2.75) is 26.8 Å². The van der Waals surface area contributed by atoms with E-state index in [1.807, 2.05) is 51.1 Å². The van der Waals surface area contributed by atoms with Crippen molar-refractivity contribution in [3.05, 3.63) is 53.5 Å². The van der Waals surface area contributed by atoms with Crippen molar-refractivity contribution in [2.75, 3.05) is 11.9 Å². The molecule has 0 unspecified atom stereocenters. The van der Waals surface area contributed by atoms with Gasteiger partial charge in [-0.2, -0.15) is 0 Å². The van der Waals surface area contributed by atoms with E-state index in [0.29, 0.717) is 0 Å². The second-order valence-electron chi connectivity index (χ2n) is 4.97. The summed E-state index contributed by atoms with van der Waals surface area (Å²) in [5, 5.41) is 6.00. The molecule has 0 saturated carbocycles. The van der Waals surface area contributed by atoms with Gasteiger partial charge in [0, 0.05) is 5.69 Å². The number of aryl methyl sites for hydroxylation is 2. The third kappa shape index (κ3) is 3.71. The molecule has 1 amide bonds. The zero-order chi connectivity index (χ0) is 14.5. The normalized spacial score (nSPS) is 12.2. The summed E-state index contributed by atoms with van der Waals surface area (Å²) in [5.74, 6) is 0.760. The van der Waals surface area contributed by atoms with Gasteiger partial charge in [0.2, 0.25) is 5.91 Å². The van der Waals surface area contributed by atoms with Gasteiger partial charge in [0.25, 0.3) is 0 Å². The van der Waals surface area contributed by atoms with E-state index in [1.165, 1.54) is 11.1 Å². The number of carbonyl (C=O) groups is 1. The quantitative estimate of drug-likeness (QED) is 0.879. The Hall–Kier alpha value is -2.07. The van der Waals surface area contributed by atoms with E-state index in [1.54, 1.807) is 6.26 Å². The predicted molar refractivity (Wildman–Crippen MR) is 79.7 cm³/mol. The van der Waals surface area contributed by atoms with Crippen LogP contribution in [0.4, 0.5) is 5.69 Å². The van der Waals surface area contributed by atoms with Crippen molar-refractivity contribution in [3.63, 3.8) is 0 Å². The second kappa shape index (κ2) is 6.39. The SMILES string of the molecule is Cc1ccc(NC(=O)CN[C@@H](C)c2ccco2)cc1C. The van der Waals surface area contributed by atoms with Gasteiger partial charge >= 0.3 is 0 Å². The second-order valence-corrected chi connectivity index (χ2v) is 4.97. The maximum atomic E-state index is 11.9. The number of benzene rings is 1. The smallest absolute Gasteiger partial charge is 0.238 e. The van der Waals surface area contributed by atoms with Crippen LogP contribution in [0.1, 0.15) is 29.9 Å². The van der Waals surface area contributed by atoms with E-state index in [-0.39, 0.29) is 18.5 Å². The molecule has 2 N–H and O–H groups in total. The molecule has 0 aliphatic rings. The molecule has 0 aliphatic heterocycles. The van der Waals surface area contributed by atoms with E-state index < -0.39 is 0 Å². The van der Waals surface area contributed by atoms with Crippen LogP contribution in [0.15, 0.2) is 41.0 Å². The first-order valence-corrected chi connectivity index (χ1v) is 6.70. The van der Waals surface area contributed by atoms with Crippen LogP contribution in [0.25, 0.3) is 0 Å². The molecule has 0 spiro atoms. The molecule has 0 aliphatic carbocycles. The molecule has 0 radical (unpaired) electrons. The summed E-state index contributed by atoms with van der Waals surface area (Å²) in [4.78, 5) is 11.9. The molecule has 1 aromatic heterocycles. The maximum Gasteiger partial charge on any atom is 0.238 e. The van der Waals surface area contributed by atoms with Crippen LogP contribution in [-0.2, 0) is 4.79 Å². The van der Waals surface area contributed by atoms with Crippen LogP contribution in [-0.4, -0.2) is 12.5 Å². The standard InChI is InChI=1S/C16H20N2O2/c1-11-6-7-14(9-12(11)2)18-16(19)10-17-13(3)15-5-4-8-20-15/h4-9,13,17H,10H2,1-3H3,(H,18,19)/t13-/m0/s1. The molecular formula is C16H20N2O2. The molecule has 20 heavy (non-hydrogen) atoms. The zero-order valence-electron chi connectivity index (χ0n) is 12.1. The molecular weight excluding hydrogens is 252 g/mol. The minimum atomic E-state index is -0.0633. The summed E-state index contributed by atoms with van der Waals surface area (Å²) in [6.45, 7) is 6.28. The Morgan fingerprint density at radius 1 is 1.25 bits per heavy atom. The van der Waals surface area contributed by atoms with Crippen LogP contribution in [0.2, 0.25) is 0 Å². The van der Waals surface area contributed by atoms with Crippen LogP contribution in [0.3, 0.4) is 0 Å². The summed E-state index contributed by atoms with van der Waals surface area (Å²) >= 11 is 0. The maximum absolute atomic E-state index is 11.9. The van der Waals surface area contributed by atoms with Crippen LogP contribution in [0.5, 0.6) is 0 Å². The highest BCUT2D eigenvalue weighted by Crippen LogP contribution is 2.14. The van der Waals surface area contributed by atoms with Gasteiger partial charge in [-0.05, 0) is 56.2 Å². The number of anilines is 1. The van der Waals surface area contributed by atoms with E-state index in [9.17, 15) is 4.79 Å². The molecule has 0 saturated heterocycles. The highest BCUT2D eigenvalue weighted by atomic mass is 16.3. The van der Waals surface area contributed by atoms with Crippen molar-refractivity contribution in [1.29, 1.82) is 0 Å². The Bertz CT molecular complexity index is 576. The number of rotatable bonds is 5. The summed E-state index contributed by atoms with van der Waals surface area (Å²) in [7, 11) is 0. The lowest BCUT2D eigenvalue weighted by Crippen LogP contribution is -2.30. The molecule has 1 atom stereocenters. The first-order chi connectivity index (χ1) is 9.56. The molecule has 1 heterocycles. The molecule has 0 bridgehead atoms. The average Bonchev–Trinajstić information content (AvgIpc) is 2.94. The highest BCUT2D eigenvalue weighted by molar-refractivity contribution is 5.92. The topological polar surface area (TPSA) is 54.3 Å². The number of hydrogen-bond donors (Lipinski definition) is 2. The van der Waals surface area contributed by atoms with Crippen molar-refractivity contribution in [2.24, 2.45) is 0 Å². The van der Waals surface area contributed by atoms with Crippen LogP contribution < -0.4 is 10.6 Å². The third-order valence-electron chi connectivity index (χ3n) is 3.33. The number of carbonyl (C=O) groups excluding carboxylic acids is 1. The van der Waals surface area contributed by atoms with Crippen molar-refractivity contribution in [3.8, 4) is 0 Å². The molecule has 2 aromatic rings. The Balaban J connectivity index is 1.85. The Morgan fingerprint density at radius 2 is 2.05 bits per heavy atom. The Kier molecular flexibility index (Phi) is 4.58. The summed E-state index contributed by atoms with van der Waals surface area (Å²) < 4.78 is 5.28. The number of hydrogen-bond acceptors (Lipinski definition) is 3. The van der Waals surface area contributed by atoms with E-state index in [2.05, 4.69) is 10.6 Å². The van der Waals surface area contributed by atoms with E-state index >= 15 is 0 Å². The number of nitrogens with one attached hydrogen (secondary N) is 2. The third-order valence-corrected chi connectivity index (χ3v) is 3.33. The van der Waals surface area contributed by atoms with Crippen LogP contribution >= 0.6 is 0 Å². The van der Waals surface area contributed by atoms with Gasteiger partial charge in [0.05, 0.1) is 18.8 Å². The fourth-order valence-electron chi connectivity index (χ4n) is 1.91. The van der Waals surface area contributed by atoms with E-state index in [4.69, 9.17) is 4.42 Å². The number of amides is 1. The lowest BCUT2D eigenvalue weighted by molar-refractivity contribution is -0.115.